The van der Waals surface area contributed by atoms with E-state index in [9.17, 15) is 9.59 Å². The second-order valence-corrected chi connectivity index (χ2v) is 4.68. The number of allylic oxidation sites excluding steroid dienone is 2. The quantitative estimate of drug-likeness (QED) is 0.695. The van der Waals surface area contributed by atoms with Crippen molar-refractivity contribution in [2.24, 2.45) is 0 Å². The zero-order valence-electron chi connectivity index (χ0n) is 9.56. The Labute approximate surface area is 102 Å². The number of benzene rings is 1. The lowest BCUT2D eigenvalue weighted by molar-refractivity contribution is 0.505. The van der Waals surface area contributed by atoms with Gasteiger partial charge < -0.3 is 0 Å². The van der Waals surface area contributed by atoms with Gasteiger partial charge in [-0.05, 0) is 18.6 Å². The van der Waals surface area contributed by atoms with Crippen molar-refractivity contribution in [3.63, 3.8) is 0 Å². The Morgan fingerprint density at radius 3 is 2.00 bits per heavy atom. The number of aromatic nitrogens is 3. The van der Waals surface area contributed by atoms with Gasteiger partial charge in [0.1, 0.15) is 0 Å². The molecule has 0 radical (unpaired) electrons. The molecule has 5 heteroatoms. The second-order valence-electron chi connectivity index (χ2n) is 4.68. The summed E-state index contributed by atoms with van der Waals surface area (Å²) < 4.78 is 4.38. The molecule has 0 amide bonds. The molecule has 0 saturated carbocycles. The highest BCUT2D eigenvalue weighted by Gasteiger charge is 2.37. The molecule has 90 valence electrons. The molecule has 4 rings (SSSR count). The normalized spacial score (nSPS) is 23.6. The van der Waals surface area contributed by atoms with Crippen LogP contribution in [0.5, 0.6) is 0 Å². The number of fused-ring (bicyclic) bond motifs is 5. The van der Waals surface area contributed by atoms with Gasteiger partial charge in [-0.3, -0.25) is 0 Å². The van der Waals surface area contributed by atoms with Gasteiger partial charge in [0.05, 0.1) is 17.8 Å². The molecule has 2 aliphatic rings. The first-order valence-electron chi connectivity index (χ1n) is 5.97. The molecule has 2 atom stereocenters. The molecule has 2 bridgehead atoms. The Hall–Kier alpha value is -2.30. The molecule has 0 unspecified atom stereocenters. The minimum absolute atomic E-state index is 0.0418. The van der Waals surface area contributed by atoms with Gasteiger partial charge in [-0.1, -0.05) is 30.4 Å². The molecule has 2 aromatic rings. The Bertz CT molecular complexity index is 720. The Morgan fingerprint density at radius 1 is 0.889 bits per heavy atom. The Kier molecular flexibility index (Phi) is 1.69. The summed E-state index contributed by atoms with van der Waals surface area (Å²) >= 11 is 0. The van der Waals surface area contributed by atoms with Crippen LogP contribution in [0.15, 0.2) is 52.1 Å². The maximum atomic E-state index is 12.3. The monoisotopic (exact) mass is 241 g/mol. The van der Waals surface area contributed by atoms with Crippen molar-refractivity contribution in [1.29, 1.82) is 0 Å². The van der Waals surface area contributed by atoms with Gasteiger partial charge in [0.15, 0.2) is 0 Å². The number of nitrogens with zero attached hydrogens (tertiary/aromatic N) is 3. The molecule has 0 fully saturated rings. The highest BCUT2D eigenvalue weighted by atomic mass is 16.2. The summed E-state index contributed by atoms with van der Waals surface area (Å²) in [6.45, 7) is 0. The van der Waals surface area contributed by atoms with E-state index in [4.69, 9.17) is 0 Å². The van der Waals surface area contributed by atoms with Crippen molar-refractivity contribution < 1.29 is 0 Å². The molecule has 1 aliphatic heterocycles. The lowest BCUT2D eigenvalue weighted by Crippen LogP contribution is -2.28. The zero-order valence-corrected chi connectivity index (χ0v) is 9.56. The van der Waals surface area contributed by atoms with Crippen molar-refractivity contribution in [2.75, 3.05) is 0 Å². The molecule has 1 aliphatic carbocycles. The third-order valence-corrected chi connectivity index (χ3v) is 3.69. The number of hydrogen-bond donors (Lipinski definition) is 0. The molecular formula is C13H11N3O2. The highest BCUT2D eigenvalue weighted by molar-refractivity contribution is 5.31. The van der Waals surface area contributed by atoms with Crippen LogP contribution in [0.3, 0.4) is 0 Å². The van der Waals surface area contributed by atoms with Crippen LogP contribution in [-0.2, 0) is 0 Å². The van der Waals surface area contributed by atoms with Crippen LogP contribution in [0.25, 0.3) is 5.69 Å². The van der Waals surface area contributed by atoms with Gasteiger partial charge in [-0.15, -0.1) is 0 Å². The maximum Gasteiger partial charge on any atom is 0.352 e. The van der Waals surface area contributed by atoms with E-state index in [2.05, 4.69) is 0 Å². The zero-order chi connectivity index (χ0) is 12.3. The average molecular weight is 241 g/mol. The van der Waals surface area contributed by atoms with Gasteiger partial charge >= 0.3 is 11.4 Å². The lowest BCUT2D eigenvalue weighted by Gasteiger charge is -2.07. The van der Waals surface area contributed by atoms with Crippen molar-refractivity contribution in [2.45, 2.75) is 18.5 Å². The molecule has 18 heavy (non-hydrogen) atoms. The Balaban J connectivity index is 2.05. The van der Waals surface area contributed by atoms with Crippen molar-refractivity contribution in [1.82, 2.24) is 13.9 Å². The summed E-state index contributed by atoms with van der Waals surface area (Å²) in [5, 5.41) is 0. The lowest BCUT2D eigenvalue weighted by atomic mass is 10.2. The highest BCUT2D eigenvalue weighted by Crippen LogP contribution is 2.35. The summed E-state index contributed by atoms with van der Waals surface area (Å²) in [4.78, 5) is 24.7. The van der Waals surface area contributed by atoms with Crippen LogP contribution in [0, 0.1) is 0 Å². The molecule has 0 N–H and O–H groups in total. The van der Waals surface area contributed by atoms with Crippen LogP contribution < -0.4 is 11.4 Å². The first-order valence-corrected chi connectivity index (χ1v) is 5.97. The minimum atomic E-state index is -0.247. The summed E-state index contributed by atoms with van der Waals surface area (Å²) in [5.74, 6) is 0. The topological polar surface area (TPSA) is 48.9 Å². The van der Waals surface area contributed by atoms with E-state index >= 15 is 0 Å². The smallest absolute Gasteiger partial charge is 0.245 e. The molecular weight excluding hydrogens is 230 g/mol. The Morgan fingerprint density at radius 2 is 1.44 bits per heavy atom. The first kappa shape index (κ1) is 9.70. The van der Waals surface area contributed by atoms with Gasteiger partial charge in [-0.2, -0.15) is 0 Å². The molecule has 1 aromatic heterocycles. The predicted molar refractivity (Wildman–Crippen MR) is 66.1 cm³/mol. The SMILES string of the molecule is O=c1n(-c2ccccc2)c(=O)n2n1[C@@H]1C=C[C@@H]2C1. The van der Waals surface area contributed by atoms with E-state index in [-0.39, 0.29) is 23.5 Å². The fourth-order valence-electron chi connectivity index (χ4n) is 2.90. The molecule has 0 saturated heterocycles. The van der Waals surface area contributed by atoms with E-state index in [1.807, 2.05) is 30.4 Å². The third-order valence-electron chi connectivity index (χ3n) is 3.69. The first-order chi connectivity index (χ1) is 8.77. The number of rotatable bonds is 1. The van der Waals surface area contributed by atoms with Crippen molar-refractivity contribution in [3.05, 3.63) is 63.5 Å². The summed E-state index contributed by atoms with van der Waals surface area (Å²) in [7, 11) is 0. The van der Waals surface area contributed by atoms with E-state index in [0.29, 0.717) is 5.69 Å². The summed E-state index contributed by atoms with van der Waals surface area (Å²) in [6, 6.07) is 9.13. The third kappa shape index (κ3) is 1.01. The molecule has 5 nitrogen and oxygen atoms in total. The maximum absolute atomic E-state index is 12.3. The van der Waals surface area contributed by atoms with Crippen molar-refractivity contribution in [3.8, 4) is 5.69 Å². The van der Waals surface area contributed by atoms with E-state index in [0.717, 1.165) is 6.42 Å². The predicted octanol–water partition coefficient (Wildman–Crippen LogP) is 0.856. The second kappa shape index (κ2) is 3.13. The van der Waals surface area contributed by atoms with Gasteiger partial charge in [0, 0.05) is 0 Å². The van der Waals surface area contributed by atoms with Gasteiger partial charge in [-0.25, -0.2) is 23.5 Å². The van der Waals surface area contributed by atoms with Crippen molar-refractivity contribution >= 4 is 0 Å². The number of para-hydroxylation sites is 1. The summed E-state index contributed by atoms with van der Waals surface area (Å²) in [5.41, 5.74) is 0.132. The molecule has 1 aromatic carbocycles. The number of hydrogen-bond acceptors (Lipinski definition) is 2. The van der Waals surface area contributed by atoms with E-state index < -0.39 is 0 Å². The van der Waals surface area contributed by atoms with Gasteiger partial charge in [0.25, 0.3) is 0 Å². The largest absolute Gasteiger partial charge is 0.352 e. The van der Waals surface area contributed by atoms with Crippen LogP contribution in [-0.4, -0.2) is 13.9 Å². The van der Waals surface area contributed by atoms with Crippen LogP contribution >= 0.6 is 0 Å². The van der Waals surface area contributed by atoms with Crippen LogP contribution in [0.2, 0.25) is 0 Å². The average Bonchev–Trinajstić information content (AvgIpc) is 3.05. The minimum Gasteiger partial charge on any atom is -0.245 e. The van der Waals surface area contributed by atoms with Gasteiger partial charge in [0.2, 0.25) is 0 Å². The van der Waals surface area contributed by atoms with Crippen LogP contribution in [0.4, 0.5) is 0 Å². The summed E-state index contributed by atoms with van der Waals surface area (Å²) in [6.07, 6.45) is 4.84. The fraction of sp³-hybridized carbons (Fsp3) is 0.231. The molecule has 2 heterocycles. The van der Waals surface area contributed by atoms with Crippen LogP contribution in [0.1, 0.15) is 18.5 Å². The fourth-order valence-corrected chi connectivity index (χ4v) is 2.90. The van der Waals surface area contributed by atoms with E-state index in [1.54, 1.807) is 21.5 Å². The molecule has 0 spiro atoms. The van der Waals surface area contributed by atoms with E-state index in [1.165, 1.54) is 4.57 Å². The standard InChI is InChI=1S/C13H11N3O2/c17-12-14(9-4-2-1-3-5-9)13(18)16-11-7-6-10(8-11)15(12)16/h1-7,10-11H,8H2/t10-,11-/m1/s1.